The molecule has 0 saturated carbocycles. The molecule has 3 nitrogen and oxygen atoms in total. The van der Waals surface area contributed by atoms with Crippen molar-refractivity contribution >= 4 is 0 Å². The highest BCUT2D eigenvalue weighted by molar-refractivity contribution is 5.08. The lowest BCUT2D eigenvalue weighted by molar-refractivity contribution is -0.187. The summed E-state index contributed by atoms with van der Waals surface area (Å²) in [5, 5.41) is 0. The lowest BCUT2D eigenvalue weighted by atomic mass is 10.0. The van der Waals surface area contributed by atoms with Gasteiger partial charge in [0.1, 0.15) is 6.04 Å². The number of hydrogen-bond donors (Lipinski definition) is 1. The van der Waals surface area contributed by atoms with Crippen LogP contribution in [0.4, 0.5) is 13.2 Å². The van der Waals surface area contributed by atoms with Gasteiger partial charge in [0.2, 0.25) is 0 Å². The van der Waals surface area contributed by atoms with E-state index in [4.69, 9.17) is 5.73 Å². The Labute approximate surface area is 105 Å². The molecule has 6 heteroatoms. The zero-order valence-electron chi connectivity index (χ0n) is 10.5. The summed E-state index contributed by atoms with van der Waals surface area (Å²) in [5.41, 5.74) is 6.31. The number of hydrogen-bond acceptors (Lipinski definition) is 3. The topological polar surface area (TPSA) is 42.1 Å². The Bertz CT molecular complexity index is 353. The molecule has 0 radical (unpaired) electrons. The van der Waals surface area contributed by atoms with Crippen LogP contribution >= 0.6 is 0 Å². The van der Waals surface area contributed by atoms with Gasteiger partial charge in [-0.25, -0.2) is 0 Å². The molecule has 0 saturated heterocycles. The van der Waals surface area contributed by atoms with Crippen molar-refractivity contribution in [2.24, 2.45) is 5.73 Å². The van der Waals surface area contributed by atoms with Crippen LogP contribution in [-0.2, 0) is 6.54 Å². The fraction of sp³-hybridized carbons (Fsp3) is 0.583. The lowest BCUT2D eigenvalue weighted by Gasteiger charge is -2.33. The highest BCUT2D eigenvalue weighted by Crippen LogP contribution is 2.27. The summed E-state index contributed by atoms with van der Waals surface area (Å²) in [6.45, 7) is 1.83. The summed E-state index contributed by atoms with van der Waals surface area (Å²) in [6, 6.07) is 0.884. The number of nitrogens with two attached hydrogens (primary N) is 1. The van der Waals surface area contributed by atoms with E-state index in [0.29, 0.717) is 0 Å². The van der Waals surface area contributed by atoms with E-state index in [9.17, 15) is 13.2 Å². The number of nitrogens with zero attached hydrogens (tertiary/aromatic N) is 2. The molecule has 1 rings (SSSR count). The second-order valence-electron chi connectivity index (χ2n) is 4.33. The maximum atomic E-state index is 13.0. The Morgan fingerprint density at radius 3 is 2.56 bits per heavy atom. The number of halogens is 3. The largest absolute Gasteiger partial charge is 0.405 e. The molecule has 1 aromatic rings. The monoisotopic (exact) mass is 261 g/mol. The van der Waals surface area contributed by atoms with Crippen molar-refractivity contribution in [3.8, 4) is 0 Å². The molecular formula is C12H18F3N3. The van der Waals surface area contributed by atoms with Crippen molar-refractivity contribution < 1.29 is 13.2 Å². The van der Waals surface area contributed by atoms with Crippen molar-refractivity contribution in [2.75, 3.05) is 7.05 Å². The van der Waals surface area contributed by atoms with Gasteiger partial charge in [-0.1, -0.05) is 13.0 Å². The minimum absolute atomic E-state index is 0.172. The SMILES string of the molecule is CCC(N)C(N(C)Cc1cccnc1)C(F)(F)F. The summed E-state index contributed by atoms with van der Waals surface area (Å²) in [6.07, 6.45) is -0.905. The Morgan fingerprint density at radius 2 is 2.11 bits per heavy atom. The molecule has 0 amide bonds. The summed E-state index contributed by atoms with van der Waals surface area (Å²) >= 11 is 0. The summed E-state index contributed by atoms with van der Waals surface area (Å²) in [5.74, 6) is 0. The van der Waals surface area contributed by atoms with E-state index in [0.717, 1.165) is 5.56 Å². The van der Waals surface area contributed by atoms with Crippen LogP contribution in [0.25, 0.3) is 0 Å². The second kappa shape index (κ2) is 6.15. The van der Waals surface area contributed by atoms with Crippen LogP contribution in [0.3, 0.4) is 0 Å². The number of likely N-dealkylation sites (N-methyl/N-ethyl adjacent to an activating group) is 1. The molecule has 0 aliphatic rings. The molecule has 0 bridgehead atoms. The van der Waals surface area contributed by atoms with Crippen LogP contribution in [0.1, 0.15) is 18.9 Å². The van der Waals surface area contributed by atoms with Gasteiger partial charge in [0.15, 0.2) is 0 Å². The average molecular weight is 261 g/mol. The number of aromatic nitrogens is 1. The third kappa shape index (κ3) is 3.96. The zero-order chi connectivity index (χ0) is 13.8. The van der Waals surface area contributed by atoms with E-state index in [1.54, 1.807) is 31.5 Å². The standard InChI is InChI=1S/C12H18F3N3/c1-3-10(16)11(12(13,14)15)18(2)8-9-5-4-6-17-7-9/h4-7,10-11H,3,8,16H2,1-2H3. The van der Waals surface area contributed by atoms with E-state index in [1.165, 1.54) is 11.9 Å². The van der Waals surface area contributed by atoms with E-state index in [-0.39, 0.29) is 13.0 Å². The van der Waals surface area contributed by atoms with Gasteiger partial charge >= 0.3 is 6.18 Å². The number of rotatable bonds is 5. The smallest absolute Gasteiger partial charge is 0.326 e. The first-order valence-corrected chi connectivity index (χ1v) is 5.77. The normalized spacial score (nSPS) is 15.7. The van der Waals surface area contributed by atoms with Crippen molar-refractivity contribution in [3.63, 3.8) is 0 Å². The molecule has 2 unspecified atom stereocenters. The fourth-order valence-electron chi connectivity index (χ4n) is 1.92. The molecular weight excluding hydrogens is 243 g/mol. The van der Waals surface area contributed by atoms with Gasteiger partial charge in [-0.2, -0.15) is 13.2 Å². The van der Waals surface area contributed by atoms with Gasteiger partial charge in [0.25, 0.3) is 0 Å². The van der Waals surface area contributed by atoms with Crippen LogP contribution in [-0.4, -0.2) is 35.2 Å². The quantitative estimate of drug-likeness (QED) is 0.883. The summed E-state index contributed by atoms with van der Waals surface area (Å²) < 4.78 is 38.9. The van der Waals surface area contributed by atoms with Crippen molar-refractivity contribution in [1.29, 1.82) is 0 Å². The molecule has 0 aliphatic carbocycles. The zero-order valence-corrected chi connectivity index (χ0v) is 10.5. The minimum atomic E-state index is -4.33. The number of pyridine rings is 1. The predicted octanol–water partition coefficient (Wildman–Crippen LogP) is 2.18. The summed E-state index contributed by atoms with van der Waals surface area (Å²) in [4.78, 5) is 5.11. The molecule has 0 aromatic carbocycles. The van der Waals surface area contributed by atoms with Gasteiger partial charge in [0.05, 0.1) is 0 Å². The molecule has 0 aliphatic heterocycles. The molecule has 0 fully saturated rings. The molecule has 102 valence electrons. The Hall–Kier alpha value is -1.14. The molecule has 0 spiro atoms. The average Bonchev–Trinajstić information content (AvgIpc) is 2.28. The molecule has 18 heavy (non-hydrogen) atoms. The number of alkyl halides is 3. The van der Waals surface area contributed by atoms with Gasteiger partial charge in [-0.3, -0.25) is 9.88 Å². The predicted molar refractivity (Wildman–Crippen MR) is 63.8 cm³/mol. The lowest BCUT2D eigenvalue weighted by Crippen LogP contribution is -2.54. The van der Waals surface area contributed by atoms with Crippen molar-refractivity contribution in [1.82, 2.24) is 9.88 Å². The van der Waals surface area contributed by atoms with Crippen molar-refractivity contribution in [2.45, 2.75) is 38.1 Å². The van der Waals surface area contributed by atoms with Gasteiger partial charge in [0, 0.05) is 25.0 Å². The van der Waals surface area contributed by atoms with Gasteiger partial charge in [-0.05, 0) is 25.1 Å². The first kappa shape index (κ1) is 14.9. The molecule has 1 aromatic heterocycles. The molecule has 2 atom stereocenters. The second-order valence-corrected chi connectivity index (χ2v) is 4.33. The Morgan fingerprint density at radius 1 is 1.44 bits per heavy atom. The van der Waals surface area contributed by atoms with Gasteiger partial charge < -0.3 is 5.73 Å². The fourth-order valence-corrected chi connectivity index (χ4v) is 1.92. The highest BCUT2D eigenvalue weighted by Gasteiger charge is 2.45. The third-order valence-corrected chi connectivity index (χ3v) is 2.84. The van der Waals surface area contributed by atoms with Crippen LogP contribution in [0.15, 0.2) is 24.5 Å². The maximum Gasteiger partial charge on any atom is 0.405 e. The van der Waals surface area contributed by atoms with E-state index < -0.39 is 18.3 Å². The molecule has 2 N–H and O–H groups in total. The van der Waals surface area contributed by atoms with Crippen LogP contribution < -0.4 is 5.73 Å². The van der Waals surface area contributed by atoms with Crippen LogP contribution in [0.5, 0.6) is 0 Å². The summed E-state index contributed by atoms with van der Waals surface area (Å²) in [7, 11) is 1.43. The maximum absolute atomic E-state index is 13.0. The van der Waals surface area contributed by atoms with Crippen LogP contribution in [0.2, 0.25) is 0 Å². The van der Waals surface area contributed by atoms with E-state index in [2.05, 4.69) is 4.98 Å². The first-order valence-electron chi connectivity index (χ1n) is 5.77. The third-order valence-electron chi connectivity index (χ3n) is 2.84. The Balaban J connectivity index is 2.80. The first-order chi connectivity index (χ1) is 8.36. The highest BCUT2D eigenvalue weighted by atomic mass is 19.4. The molecule has 1 heterocycles. The van der Waals surface area contributed by atoms with Crippen molar-refractivity contribution in [3.05, 3.63) is 30.1 Å². The van der Waals surface area contributed by atoms with E-state index >= 15 is 0 Å². The van der Waals surface area contributed by atoms with Gasteiger partial charge in [-0.15, -0.1) is 0 Å². The van der Waals surface area contributed by atoms with Crippen LogP contribution in [0, 0.1) is 0 Å². The Kier molecular flexibility index (Phi) is 5.10. The van der Waals surface area contributed by atoms with E-state index in [1.807, 2.05) is 0 Å². The minimum Gasteiger partial charge on any atom is -0.326 e.